The summed E-state index contributed by atoms with van der Waals surface area (Å²) < 4.78 is 28.4. The highest BCUT2D eigenvalue weighted by molar-refractivity contribution is 5.74. The van der Waals surface area contributed by atoms with E-state index in [4.69, 9.17) is 23.7 Å². The van der Waals surface area contributed by atoms with Gasteiger partial charge in [0.05, 0.1) is 6.61 Å². The van der Waals surface area contributed by atoms with Gasteiger partial charge in [0, 0.05) is 19.3 Å². The van der Waals surface area contributed by atoms with Crippen molar-refractivity contribution < 1.29 is 58.2 Å². The molecule has 1 saturated heterocycles. The molecule has 0 amide bonds. The Balaban J connectivity index is 2.73. The molecule has 0 aromatic carbocycles. The lowest BCUT2D eigenvalue weighted by Crippen LogP contribution is -2.61. The fraction of sp³-hybridized carbons (Fsp3) is 0.692. The molecular weight excluding hydrogens is 973 g/mol. The van der Waals surface area contributed by atoms with Crippen LogP contribution in [0, 0.1) is 0 Å². The molecule has 3 N–H and O–H groups in total. The molecule has 1 fully saturated rings. The third kappa shape index (κ3) is 42.3. The van der Waals surface area contributed by atoms with Crippen LogP contribution in [0.2, 0.25) is 0 Å². The minimum absolute atomic E-state index is 0.0167. The van der Waals surface area contributed by atoms with E-state index >= 15 is 0 Å². The Kier molecular flexibility index (Phi) is 48.0. The second-order valence-corrected chi connectivity index (χ2v) is 20.2. The number of ether oxygens (including phenoxy) is 5. The molecule has 77 heavy (non-hydrogen) atoms. The maximum atomic E-state index is 13.2. The van der Waals surface area contributed by atoms with Crippen LogP contribution in [0.4, 0.5) is 0 Å². The average molecular weight is 1080 g/mol. The van der Waals surface area contributed by atoms with Gasteiger partial charge in [0.15, 0.2) is 24.6 Å². The van der Waals surface area contributed by atoms with Crippen molar-refractivity contribution in [2.75, 3.05) is 13.2 Å². The Bertz CT molecular complexity index is 1710. The highest BCUT2D eigenvalue weighted by Crippen LogP contribution is 2.26. The molecule has 12 nitrogen and oxygen atoms in total. The number of carbonyl (C=O) groups is 4. The molecule has 1 aliphatic heterocycles. The molecule has 1 rings (SSSR count). The summed E-state index contributed by atoms with van der Waals surface area (Å²) in [5.74, 6) is -3.24. The lowest BCUT2D eigenvalue weighted by Gasteiger charge is -2.40. The first-order valence-corrected chi connectivity index (χ1v) is 30.2. The van der Waals surface area contributed by atoms with Gasteiger partial charge in [-0.15, -0.1) is 0 Å². The van der Waals surface area contributed by atoms with Crippen molar-refractivity contribution in [3.8, 4) is 0 Å². The molecule has 6 atom stereocenters. The number of carboxylic acid groups (broad SMARTS) is 1. The summed E-state index contributed by atoms with van der Waals surface area (Å²) in [5.41, 5.74) is 0. The van der Waals surface area contributed by atoms with Crippen molar-refractivity contribution in [1.82, 2.24) is 0 Å². The SMILES string of the molecule is CC/C=C\C/C=C\C/C=C\C/C=C\C/C=C\CCCC(=O)OCC(COC1OC(C(=O)O)C(O)C(O)C1OC(=O)CCCCC/C=C\C/C=C\C/C=C\CC)OC(=O)CCCCCCCCCCCCCCCCCCC. The van der Waals surface area contributed by atoms with Crippen LogP contribution in [0.25, 0.3) is 0 Å². The topological polar surface area (TPSA) is 175 Å². The summed E-state index contributed by atoms with van der Waals surface area (Å²) in [7, 11) is 0. The van der Waals surface area contributed by atoms with E-state index in [-0.39, 0.29) is 25.9 Å². The highest BCUT2D eigenvalue weighted by Gasteiger charge is 2.50. The maximum absolute atomic E-state index is 13.2. The van der Waals surface area contributed by atoms with Crippen molar-refractivity contribution >= 4 is 23.9 Å². The molecule has 0 aromatic heterocycles. The highest BCUT2D eigenvalue weighted by atomic mass is 16.7. The summed E-state index contributed by atoms with van der Waals surface area (Å²) in [5, 5.41) is 31.5. The van der Waals surface area contributed by atoms with Crippen molar-refractivity contribution in [1.29, 1.82) is 0 Å². The number of unbranched alkanes of at least 4 members (excludes halogenated alkanes) is 20. The normalized spacial score (nSPS) is 18.7. The van der Waals surface area contributed by atoms with E-state index in [0.29, 0.717) is 25.7 Å². The molecule has 12 heteroatoms. The van der Waals surface area contributed by atoms with Gasteiger partial charge in [-0.1, -0.05) is 227 Å². The number of hydrogen-bond donors (Lipinski definition) is 3. The minimum Gasteiger partial charge on any atom is -0.479 e. The summed E-state index contributed by atoms with van der Waals surface area (Å²) >= 11 is 0. The number of aliphatic carboxylic acids is 1. The Morgan fingerprint density at radius 1 is 0.442 bits per heavy atom. The predicted molar refractivity (Wildman–Crippen MR) is 312 cm³/mol. The van der Waals surface area contributed by atoms with Gasteiger partial charge >= 0.3 is 23.9 Å². The fourth-order valence-corrected chi connectivity index (χ4v) is 8.59. The second kappa shape index (κ2) is 52.3. The van der Waals surface area contributed by atoms with Gasteiger partial charge in [-0.05, 0) is 89.9 Å². The van der Waals surface area contributed by atoms with Crippen molar-refractivity contribution in [2.24, 2.45) is 0 Å². The zero-order chi connectivity index (χ0) is 56.1. The number of carboxylic acids is 1. The zero-order valence-corrected chi connectivity index (χ0v) is 48.2. The van der Waals surface area contributed by atoms with E-state index in [1.54, 1.807) is 0 Å². The molecule has 1 heterocycles. The molecule has 0 spiro atoms. The molecule has 0 saturated carbocycles. The lowest BCUT2D eigenvalue weighted by atomic mass is 9.98. The maximum Gasteiger partial charge on any atom is 0.335 e. The Labute approximate surface area is 466 Å². The summed E-state index contributed by atoms with van der Waals surface area (Å²) in [6.45, 7) is 5.71. The van der Waals surface area contributed by atoms with Crippen LogP contribution in [0.5, 0.6) is 0 Å². The van der Waals surface area contributed by atoms with E-state index in [0.717, 1.165) is 89.9 Å². The molecule has 438 valence electrons. The molecule has 0 radical (unpaired) electrons. The van der Waals surface area contributed by atoms with Gasteiger partial charge in [0.1, 0.15) is 18.8 Å². The molecule has 0 aliphatic carbocycles. The zero-order valence-electron chi connectivity index (χ0n) is 48.2. The van der Waals surface area contributed by atoms with E-state index in [1.165, 1.54) is 83.5 Å². The first-order chi connectivity index (χ1) is 37.6. The van der Waals surface area contributed by atoms with Crippen LogP contribution in [0.3, 0.4) is 0 Å². The summed E-state index contributed by atoms with van der Waals surface area (Å²) in [6.07, 6.45) is 56.7. The van der Waals surface area contributed by atoms with Crippen LogP contribution in [0.15, 0.2) is 97.2 Å². The minimum atomic E-state index is -1.92. The molecule has 6 unspecified atom stereocenters. The second-order valence-electron chi connectivity index (χ2n) is 20.2. The molecule has 1 aliphatic rings. The van der Waals surface area contributed by atoms with E-state index < -0.39 is 67.3 Å². The number of hydrogen-bond acceptors (Lipinski definition) is 11. The van der Waals surface area contributed by atoms with Gasteiger partial charge < -0.3 is 39.0 Å². The van der Waals surface area contributed by atoms with Gasteiger partial charge in [-0.3, -0.25) is 14.4 Å². The average Bonchev–Trinajstić information content (AvgIpc) is 3.42. The number of aliphatic hydroxyl groups is 2. The van der Waals surface area contributed by atoms with E-state index in [2.05, 4.69) is 112 Å². The van der Waals surface area contributed by atoms with Gasteiger partial charge in [-0.2, -0.15) is 0 Å². The fourth-order valence-electron chi connectivity index (χ4n) is 8.59. The Morgan fingerprint density at radius 3 is 1.29 bits per heavy atom. The van der Waals surface area contributed by atoms with E-state index in [1.807, 2.05) is 6.08 Å². The van der Waals surface area contributed by atoms with Crippen LogP contribution in [-0.4, -0.2) is 89.2 Å². The summed E-state index contributed by atoms with van der Waals surface area (Å²) in [4.78, 5) is 51.1. The number of allylic oxidation sites excluding steroid dienone is 16. The van der Waals surface area contributed by atoms with Crippen molar-refractivity contribution in [3.63, 3.8) is 0 Å². The predicted octanol–water partition coefficient (Wildman–Crippen LogP) is 15.7. The number of carbonyl (C=O) groups excluding carboxylic acids is 3. The quantitative estimate of drug-likeness (QED) is 0.0228. The van der Waals surface area contributed by atoms with Crippen LogP contribution < -0.4 is 0 Å². The largest absolute Gasteiger partial charge is 0.479 e. The molecule has 0 bridgehead atoms. The standard InChI is InChI=1S/C65H106O12/c1-4-7-10-13-16-19-22-25-27-29-31-34-36-39-42-45-48-51-57(66)73-54-56(75-58(67)52-49-46-43-40-38-35-32-30-28-26-23-20-17-14-11-8-5-2)55-74-65-63(61(70)60(69)62(77-65)64(71)72)76-59(68)53-50-47-44-41-37-33-24-21-18-15-12-9-6-3/h7,9-10,12,16,18-19,21,25,27,31,33-34,37,39,42,56,60-63,65,69-70H,4-6,8,11,13-15,17,20,22-24,26,28-30,32,35-36,38,40-41,43-55H2,1-3H3,(H,71,72)/b10-7-,12-9-,19-16-,21-18-,27-25-,34-31-,37-33-,42-39-. The number of rotatable bonds is 50. The first-order valence-electron chi connectivity index (χ1n) is 30.2. The van der Waals surface area contributed by atoms with Gasteiger partial charge in [-0.25, -0.2) is 4.79 Å². The lowest BCUT2D eigenvalue weighted by molar-refractivity contribution is -0.301. The van der Waals surface area contributed by atoms with Gasteiger partial charge in [0.2, 0.25) is 0 Å². The third-order valence-corrected chi connectivity index (χ3v) is 13.2. The van der Waals surface area contributed by atoms with Crippen molar-refractivity contribution in [2.45, 2.75) is 276 Å². The van der Waals surface area contributed by atoms with Gasteiger partial charge in [0.25, 0.3) is 0 Å². The monoisotopic (exact) mass is 1080 g/mol. The van der Waals surface area contributed by atoms with Crippen molar-refractivity contribution in [3.05, 3.63) is 97.2 Å². The Hall–Kier alpha value is -4.36. The number of aliphatic hydroxyl groups excluding tert-OH is 2. The number of esters is 3. The first kappa shape index (κ1) is 70.7. The molecule has 0 aromatic rings. The molecular formula is C65H106O12. The van der Waals surface area contributed by atoms with Crippen LogP contribution >= 0.6 is 0 Å². The van der Waals surface area contributed by atoms with E-state index in [9.17, 15) is 34.5 Å². The Morgan fingerprint density at radius 2 is 0.831 bits per heavy atom. The smallest absolute Gasteiger partial charge is 0.335 e. The van der Waals surface area contributed by atoms with Crippen LogP contribution in [-0.2, 0) is 42.9 Å². The third-order valence-electron chi connectivity index (χ3n) is 13.2. The summed E-state index contributed by atoms with van der Waals surface area (Å²) in [6, 6.07) is 0. The van der Waals surface area contributed by atoms with Crippen LogP contribution in [0.1, 0.15) is 239 Å².